The van der Waals surface area contributed by atoms with E-state index in [-0.39, 0.29) is 30.2 Å². The number of nitrogens with zero attached hydrogens (tertiary/aromatic N) is 4. The number of nitrogens with one attached hydrogen (secondary N) is 2. The third-order valence-corrected chi connectivity index (χ3v) is 5.38. The molecular formula is C22H26N6O3. The minimum atomic E-state index is -1.25. The van der Waals surface area contributed by atoms with E-state index < -0.39 is 5.60 Å². The molecule has 0 spiro atoms. The van der Waals surface area contributed by atoms with Gasteiger partial charge in [-0.05, 0) is 32.3 Å². The molecule has 1 aliphatic heterocycles. The lowest BCUT2D eigenvalue weighted by atomic mass is 9.95. The Hall–Kier alpha value is -3.38. The molecule has 9 nitrogen and oxygen atoms in total. The summed E-state index contributed by atoms with van der Waals surface area (Å²) in [5.41, 5.74) is 0.898. The monoisotopic (exact) mass is 422 g/mol. The van der Waals surface area contributed by atoms with E-state index >= 15 is 0 Å². The van der Waals surface area contributed by atoms with E-state index in [1.54, 1.807) is 20.0 Å². The summed E-state index contributed by atoms with van der Waals surface area (Å²) in [6.07, 6.45) is 9.80. The largest absolute Gasteiger partial charge is 0.417 e. The average molecular weight is 422 g/mol. The van der Waals surface area contributed by atoms with Crippen LogP contribution in [0.3, 0.4) is 0 Å². The van der Waals surface area contributed by atoms with Gasteiger partial charge in [0.15, 0.2) is 0 Å². The molecule has 3 aromatic heterocycles. The summed E-state index contributed by atoms with van der Waals surface area (Å²) in [7, 11) is 0. The number of likely N-dealkylation sites (tertiary alicyclic amines) is 1. The number of anilines is 1. The molecule has 0 aromatic carbocycles. The summed E-state index contributed by atoms with van der Waals surface area (Å²) < 4.78 is 5.75. The topological polar surface area (TPSA) is 120 Å². The van der Waals surface area contributed by atoms with Crippen LogP contribution in [0, 0.1) is 18.3 Å². The number of aromatic nitrogens is 4. The number of aliphatic hydroxyl groups is 1. The molecule has 3 aromatic rings. The molecule has 0 radical (unpaired) electrons. The van der Waals surface area contributed by atoms with E-state index in [0.29, 0.717) is 24.6 Å². The number of carbonyl (C=O) groups excluding carboxylic acids is 1. The molecule has 0 aliphatic carbocycles. The highest BCUT2D eigenvalue weighted by Crippen LogP contribution is 2.35. The first-order valence-corrected chi connectivity index (χ1v) is 10.3. The SMILES string of the molecule is C#CCC(=O)N1C[C@@H](C)C[C@@H](Nc2c(-c3nnc(C(C)(C)O)o3)cnc3[nH]ccc23)C1. The van der Waals surface area contributed by atoms with Gasteiger partial charge in [0, 0.05) is 36.9 Å². The predicted octanol–water partition coefficient (Wildman–Crippen LogP) is 2.51. The molecule has 4 heterocycles. The Bertz CT molecular complexity index is 1140. The predicted molar refractivity (Wildman–Crippen MR) is 116 cm³/mol. The van der Waals surface area contributed by atoms with Crippen molar-refractivity contribution in [2.45, 2.75) is 45.3 Å². The summed E-state index contributed by atoms with van der Waals surface area (Å²) in [6, 6.07) is 1.94. The molecular weight excluding hydrogens is 396 g/mol. The van der Waals surface area contributed by atoms with Crippen molar-refractivity contribution in [2.24, 2.45) is 5.92 Å². The zero-order valence-corrected chi connectivity index (χ0v) is 17.8. The van der Waals surface area contributed by atoms with Crippen LogP contribution in [0.4, 0.5) is 5.69 Å². The number of aromatic amines is 1. The van der Waals surface area contributed by atoms with E-state index in [2.05, 4.69) is 38.3 Å². The normalized spacial score (nSPS) is 19.4. The Morgan fingerprint density at radius 3 is 2.97 bits per heavy atom. The van der Waals surface area contributed by atoms with Gasteiger partial charge in [-0.3, -0.25) is 4.79 Å². The van der Waals surface area contributed by atoms with E-state index in [4.69, 9.17) is 10.8 Å². The van der Waals surface area contributed by atoms with Gasteiger partial charge in [0.05, 0.1) is 17.7 Å². The van der Waals surface area contributed by atoms with Gasteiger partial charge in [0.1, 0.15) is 11.2 Å². The maximum Gasteiger partial charge on any atom is 0.251 e. The molecule has 0 saturated carbocycles. The molecule has 4 rings (SSSR count). The van der Waals surface area contributed by atoms with E-state index in [9.17, 15) is 9.90 Å². The molecule has 0 unspecified atom stereocenters. The molecule has 3 N–H and O–H groups in total. The van der Waals surface area contributed by atoms with Crippen molar-refractivity contribution in [2.75, 3.05) is 18.4 Å². The fourth-order valence-corrected chi connectivity index (χ4v) is 3.97. The Morgan fingerprint density at radius 1 is 1.45 bits per heavy atom. The molecule has 1 fully saturated rings. The standard InChI is InChI=1S/C22H26N6O3/c1-5-6-17(29)28-11-13(2)9-14(12-28)25-18-15-7-8-23-19(15)24-10-16(18)20-26-27-21(31-20)22(3,4)30/h1,7-8,10,13-14,30H,6,9,11-12H2,2-4H3,(H2,23,24,25)/t13-,14+/m0/s1. The molecule has 0 bridgehead atoms. The second kappa shape index (κ2) is 8.04. The van der Waals surface area contributed by atoms with Crippen molar-refractivity contribution in [1.29, 1.82) is 0 Å². The number of amides is 1. The maximum atomic E-state index is 12.4. The van der Waals surface area contributed by atoms with Gasteiger partial charge in [-0.25, -0.2) is 4.98 Å². The minimum absolute atomic E-state index is 0.0152. The van der Waals surface area contributed by atoms with Gasteiger partial charge in [0.25, 0.3) is 5.89 Å². The van der Waals surface area contributed by atoms with Gasteiger partial charge >= 0.3 is 0 Å². The van der Waals surface area contributed by atoms with Crippen LogP contribution in [0.5, 0.6) is 0 Å². The first-order valence-electron chi connectivity index (χ1n) is 10.3. The number of piperidine rings is 1. The summed E-state index contributed by atoms with van der Waals surface area (Å²) in [6.45, 7) is 6.54. The summed E-state index contributed by atoms with van der Waals surface area (Å²) in [4.78, 5) is 21.8. The Morgan fingerprint density at radius 2 is 2.26 bits per heavy atom. The van der Waals surface area contributed by atoms with E-state index in [1.807, 2.05) is 17.2 Å². The number of hydrogen-bond donors (Lipinski definition) is 3. The molecule has 162 valence electrons. The van der Waals surface area contributed by atoms with E-state index in [1.165, 1.54) is 0 Å². The molecule has 1 saturated heterocycles. The van der Waals surface area contributed by atoms with Gasteiger partial charge in [-0.1, -0.05) is 12.8 Å². The number of carbonyl (C=O) groups is 1. The fourth-order valence-electron chi connectivity index (χ4n) is 3.97. The van der Waals surface area contributed by atoms with Crippen molar-refractivity contribution >= 4 is 22.6 Å². The van der Waals surface area contributed by atoms with Crippen molar-refractivity contribution < 1.29 is 14.3 Å². The summed E-state index contributed by atoms with van der Waals surface area (Å²) in [5, 5.41) is 22.8. The minimum Gasteiger partial charge on any atom is -0.417 e. The van der Waals surface area contributed by atoms with E-state index in [0.717, 1.165) is 23.1 Å². The highest BCUT2D eigenvalue weighted by molar-refractivity contribution is 5.97. The second-order valence-electron chi connectivity index (χ2n) is 8.62. The number of pyridine rings is 1. The van der Waals surface area contributed by atoms with Crippen LogP contribution in [-0.4, -0.2) is 55.2 Å². The Labute approximate surface area is 180 Å². The van der Waals surface area contributed by atoms with Gasteiger partial charge in [-0.15, -0.1) is 16.6 Å². The Kier molecular flexibility index (Phi) is 5.41. The van der Waals surface area contributed by atoms with Crippen LogP contribution < -0.4 is 5.32 Å². The van der Waals surface area contributed by atoms with Crippen molar-refractivity contribution in [3.05, 3.63) is 24.4 Å². The molecule has 1 aliphatic rings. The first-order chi connectivity index (χ1) is 14.8. The Balaban J connectivity index is 1.69. The molecule has 31 heavy (non-hydrogen) atoms. The van der Waals surface area contributed by atoms with Crippen LogP contribution in [0.1, 0.15) is 39.5 Å². The zero-order chi connectivity index (χ0) is 22.2. The number of rotatable bonds is 5. The number of H-pyrrole nitrogens is 1. The summed E-state index contributed by atoms with van der Waals surface area (Å²) >= 11 is 0. The highest BCUT2D eigenvalue weighted by atomic mass is 16.4. The van der Waals surface area contributed by atoms with Crippen LogP contribution in [0.2, 0.25) is 0 Å². The highest BCUT2D eigenvalue weighted by Gasteiger charge is 2.30. The number of fused-ring (bicyclic) bond motifs is 1. The van der Waals surface area contributed by atoms with Crippen molar-refractivity contribution in [3.8, 4) is 23.8 Å². The smallest absolute Gasteiger partial charge is 0.251 e. The number of hydrogen-bond acceptors (Lipinski definition) is 7. The zero-order valence-electron chi connectivity index (χ0n) is 17.8. The average Bonchev–Trinajstić information content (AvgIpc) is 3.37. The first kappa shape index (κ1) is 20.9. The van der Waals surface area contributed by atoms with Gasteiger partial charge in [-0.2, -0.15) is 0 Å². The second-order valence-corrected chi connectivity index (χ2v) is 8.62. The lowest BCUT2D eigenvalue weighted by Crippen LogP contribution is -2.48. The summed E-state index contributed by atoms with van der Waals surface area (Å²) in [5.74, 6) is 3.12. The lowest BCUT2D eigenvalue weighted by Gasteiger charge is -2.37. The van der Waals surface area contributed by atoms with Crippen LogP contribution in [0.25, 0.3) is 22.5 Å². The lowest BCUT2D eigenvalue weighted by molar-refractivity contribution is -0.131. The third kappa shape index (κ3) is 4.25. The van der Waals surface area contributed by atoms with Crippen LogP contribution in [-0.2, 0) is 10.4 Å². The van der Waals surface area contributed by atoms with Gasteiger partial charge < -0.3 is 24.7 Å². The quantitative estimate of drug-likeness (QED) is 0.540. The van der Waals surface area contributed by atoms with Crippen LogP contribution in [0.15, 0.2) is 22.9 Å². The van der Waals surface area contributed by atoms with Gasteiger partial charge in [0.2, 0.25) is 11.8 Å². The van der Waals surface area contributed by atoms with Crippen LogP contribution >= 0.6 is 0 Å². The fraction of sp³-hybridized carbons (Fsp3) is 0.455. The third-order valence-electron chi connectivity index (χ3n) is 5.38. The number of terminal acetylenes is 1. The van der Waals surface area contributed by atoms with Crippen molar-refractivity contribution in [3.63, 3.8) is 0 Å². The molecule has 9 heteroatoms. The maximum absolute atomic E-state index is 12.4. The van der Waals surface area contributed by atoms with Crippen molar-refractivity contribution in [1.82, 2.24) is 25.1 Å². The molecule has 2 atom stereocenters. The molecule has 1 amide bonds.